The van der Waals surface area contributed by atoms with Crippen LogP contribution in [0.3, 0.4) is 0 Å². The zero-order chi connectivity index (χ0) is 20.1. The summed E-state index contributed by atoms with van der Waals surface area (Å²) in [5.41, 5.74) is 5.07. The molecule has 0 saturated carbocycles. The van der Waals surface area contributed by atoms with Gasteiger partial charge in [0, 0.05) is 19.5 Å². The van der Waals surface area contributed by atoms with Crippen molar-refractivity contribution in [3.8, 4) is 0 Å². The molecule has 0 spiro atoms. The molecule has 4 nitrogen and oxygen atoms in total. The van der Waals surface area contributed by atoms with Gasteiger partial charge in [0.05, 0.1) is 17.7 Å². The maximum Gasteiger partial charge on any atom is 0.114 e. The first-order valence-electron chi connectivity index (χ1n) is 11.2. The van der Waals surface area contributed by atoms with Crippen molar-refractivity contribution in [3.05, 3.63) is 65.5 Å². The molecule has 1 saturated heterocycles. The molecule has 3 aromatic rings. The van der Waals surface area contributed by atoms with Gasteiger partial charge in [-0.1, -0.05) is 43.3 Å². The van der Waals surface area contributed by atoms with Crippen LogP contribution in [-0.2, 0) is 19.5 Å². The summed E-state index contributed by atoms with van der Waals surface area (Å²) < 4.78 is 2.34. The molecule has 1 fully saturated rings. The van der Waals surface area contributed by atoms with E-state index in [0.717, 1.165) is 37.5 Å². The van der Waals surface area contributed by atoms with Gasteiger partial charge in [0.1, 0.15) is 5.82 Å². The second-order valence-electron chi connectivity index (χ2n) is 8.27. The fourth-order valence-electron chi connectivity index (χ4n) is 4.54. The number of hydrogen-bond donors (Lipinski definition) is 0. The lowest BCUT2D eigenvalue weighted by molar-refractivity contribution is 0.147. The number of likely N-dealkylation sites (tertiary alicyclic amines) is 1. The molecule has 0 amide bonds. The van der Waals surface area contributed by atoms with Gasteiger partial charge < -0.3 is 4.57 Å². The number of aryl methyl sites for hydroxylation is 1. The van der Waals surface area contributed by atoms with Crippen LogP contribution in [0.2, 0.25) is 0 Å². The van der Waals surface area contributed by atoms with Crippen LogP contribution in [0.15, 0.2) is 48.5 Å². The average molecular weight is 391 g/mol. The molecule has 2 aromatic carbocycles. The number of benzene rings is 2. The number of rotatable bonds is 9. The third-order valence-electron chi connectivity index (χ3n) is 5.98. The number of nitrogens with zero attached hydrogens (tertiary/aromatic N) is 4. The monoisotopic (exact) mass is 390 g/mol. The van der Waals surface area contributed by atoms with Crippen molar-refractivity contribution >= 4 is 11.0 Å². The van der Waals surface area contributed by atoms with Gasteiger partial charge in [0.25, 0.3) is 0 Å². The molecule has 0 N–H and O–H groups in total. The van der Waals surface area contributed by atoms with Crippen molar-refractivity contribution < 1.29 is 0 Å². The Balaban J connectivity index is 1.43. The third-order valence-corrected chi connectivity index (χ3v) is 5.98. The van der Waals surface area contributed by atoms with Crippen molar-refractivity contribution in [2.45, 2.75) is 52.6 Å². The Morgan fingerprint density at radius 2 is 1.66 bits per heavy atom. The third kappa shape index (κ3) is 4.88. The molecule has 0 atom stereocenters. The molecule has 0 radical (unpaired) electrons. The number of imidazole rings is 1. The lowest BCUT2D eigenvalue weighted by Crippen LogP contribution is -2.36. The SMILES string of the molecule is CCCN(Cc1ccc(Cc2nc3ccccc3n2CC)cc1)CN1CCCC1. The Morgan fingerprint density at radius 1 is 0.931 bits per heavy atom. The van der Waals surface area contributed by atoms with Gasteiger partial charge in [-0.15, -0.1) is 0 Å². The molecule has 1 aliphatic heterocycles. The van der Waals surface area contributed by atoms with Gasteiger partial charge in [0.15, 0.2) is 0 Å². The highest BCUT2D eigenvalue weighted by atomic mass is 15.3. The van der Waals surface area contributed by atoms with Crippen molar-refractivity contribution in [3.63, 3.8) is 0 Å². The molecule has 1 aliphatic rings. The van der Waals surface area contributed by atoms with Gasteiger partial charge in [-0.25, -0.2) is 4.98 Å². The minimum atomic E-state index is 0.884. The summed E-state index contributed by atoms with van der Waals surface area (Å²) in [6, 6.07) is 17.6. The Morgan fingerprint density at radius 3 is 2.38 bits per heavy atom. The van der Waals surface area contributed by atoms with E-state index in [0.29, 0.717) is 0 Å². The van der Waals surface area contributed by atoms with Crippen LogP contribution in [0, 0.1) is 0 Å². The van der Waals surface area contributed by atoms with Gasteiger partial charge in [0.2, 0.25) is 0 Å². The molecule has 0 aliphatic carbocycles. The predicted octanol–water partition coefficient (Wildman–Crippen LogP) is 4.91. The van der Waals surface area contributed by atoms with E-state index < -0.39 is 0 Å². The molecule has 1 aromatic heterocycles. The van der Waals surface area contributed by atoms with Crippen LogP contribution in [0.25, 0.3) is 11.0 Å². The van der Waals surface area contributed by atoms with E-state index in [1.807, 2.05) is 0 Å². The Bertz CT molecular complexity index is 906. The molecule has 0 unspecified atom stereocenters. The lowest BCUT2D eigenvalue weighted by Gasteiger charge is -2.27. The lowest BCUT2D eigenvalue weighted by atomic mass is 10.1. The van der Waals surface area contributed by atoms with Crippen LogP contribution in [-0.4, -0.2) is 45.7 Å². The largest absolute Gasteiger partial charge is 0.328 e. The number of para-hydroxylation sites is 2. The molecule has 0 bridgehead atoms. The number of aromatic nitrogens is 2. The summed E-state index contributed by atoms with van der Waals surface area (Å²) in [5.74, 6) is 1.16. The maximum atomic E-state index is 4.88. The van der Waals surface area contributed by atoms with Gasteiger partial charge in [-0.2, -0.15) is 0 Å². The van der Waals surface area contributed by atoms with Crippen molar-refractivity contribution in [1.82, 2.24) is 19.4 Å². The molecule has 4 heteroatoms. The Hall–Kier alpha value is -2.17. The van der Waals surface area contributed by atoms with Crippen LogP contribution in [0.1, 0.15) is 50.1 Å². The summed E-state index contributed by atoms with van der Waals surface area (Å²) in [7, 11) is 0. The van der Waals surface area contributed by atoms with Gasteiger partial charge in [-0.3, -0.25) is 9.80 Å². The van der Waals surface area contributed by atoms with Crippen molar-refractivity contribution in [2.24, 2.45) is 0 Å². The Kier molecular flexibility index (Phi) is 6.63. The zero-order valence-electron chi connectivity index (χ0n) is 18.0. The maximum absolute atomic E-state index is 4.88. The van der Waals surface area contributed by atoms with E-state index in [1.165, 1.54) is 55.5 Å². The van der Waals surface area contributed by atoms with E-state index in [1.54, 1.807) is 0 Å². The van der Waals surface area contributed by atoms with E-state index in [2.05, 4.69) is 76.7 Å². The van der Waals surface area contributed by atoms with E-state index in [9.17, 15) is 0 Å². The minimum Gasteiger partial charge on any atom is -0.328 e. The minimum absolute atomic E-state index is 0.884. The molecule has 29 heavy (non-hydrogen) atoms. The average Bonchev–Trinajstić information content (AvgIpc) is 3.36. The highest BCUT2D eigenvalue weighted by Gasteiger charge is 2.15. The highest BCUT2D eigenvalue weighted by Crippen LogP contribution is 2.19. The summed E-state index contributed by atoms with van der Waals surface area (Å²) in [6.45, 7) is 11.3. The van der Waals surface area contributed by atoms with Crippen LogP contribution in [0.4, 0.5) is 0 Å². The molecular formula is C25H34N4. The van der Waals surface area contributed by atoms with E-state index >= 15 is 0 Å². The quantitative estimate of drug-likeness (QED) is 0.519. The summed E-state index contributed by atoms with van der Waals surface area (Å²) in [6.07, 6.45) is 4.81. The van der Waals surface area contributed by atoms with E-state index in [4.69, 9.17) is 4.98 Å². The van der Waals surface area contributed by atoms with Crippen LogP contribution in [0.5, 0.6) is 0 Å². The van der Waals surface area contributed by atoms with Crippen molar-refractivity contribution in [2.75, 3.05) is 26.3 Å². The standard InChI is InChI=1S/C25H34N4/c1-3-15-28(20-27-16-7-8-17-27)19-22-13-11-21(12-14-22)18-25-26-23-9-5-6-10-24(23)29(25)4-2/h5-6,9-14H,3-4,7-8,15-20H2,1-2H3. The molecule has 2 heterocycles. The second kappa shape index (κ2) is 9.55. The second-order valence-corrected chi connectivity index (χ2v) is 8.27. The normalized spacial score (nSPS) is 15.0. The molecule has 4 rings (SSSR count). The summed E-state index contributed by atoms with van der Waals surface area (Å²) in [5, 5.41) is 0. The first kappa shape index (κ1) is 20.1. The smallest absolute Gasteiger partial charge is 0.114 e. The number of hydrogen-bond acceptors (Lipinski definition) is 3. The summed E-state index contributed by atoms with van der Waals surface area (Å²) >= 11 is 0. The number of fused-ring (bicyclic) bond motifs is 1. The first-order valence-corrected chi connectivity index (χ1v) is 11.2. The van der Waals surface area contributed by atoms with Crippen LogP contribution >= 0.6 is 0 Å². The zero-order valence-corrected chi connectivity index (χ0v) is 18.0. The predicted molar refractivity (Wildman–Crippen MR) is 121 cm³/mol. The highest BCUT2D eigenvalue weighted by molar-refractivity contribution is 5.76. The van der Waals surface area contributed by atoms with E-state index in [-0.39, 0.29) is 0 Å². The van der Waals surface area contributed by atoms with Gasteiger partial charge >= 0.3 is 0 Å². The Labute approximate surface area is 175 Å². The first-order chi connectivity index (χ1) is 14.3. The van der Waals surface area contributed by atoms with Gasteiger partial charge in [-0.05, 0) is 69.1 Å². The van der Waals surface area contributed by atoms with Crippen molar-refractivity contribution in [1.29, 1.82) is 0 Å². The van der Waals surface area contributed by atoms with Crippen LogP contribution < -0.4 is 0 Å². The fraction of sp³-hybridized carbons (Fsp3) is 0.480. The molecule has 154 valence electrons. The fourth-order valence-corrected chi connectivity index (χ4v) is 4.54. The summed E-state index contributed by atoms with van der Waals surface area (Å²) in [4.78, 5) is 10.1. The molecular weight excluding hydrogens is 356 g/mol. The topological polar surface area (TPSA) is 24.3 Å².